The number of methoxy groups -OCH3 is 1. The Balaban J connectivity index is 1.57. The minimum atomic E-state index is -0.334. The van der Waals surface area contributed by atoms with Crippen molar-refractivity contribution < 1.29 is 18.7 Å². The number of halogens is 1. The molecule has 2 amide bonds. The zero-order valence-electron chi connectivity index (χ0n) is 24.3. The van der Waals surface area contributed by atoms with Crippen LogP contribution in [0.3, 0.4) is 0 Å². The molecule has 11 heteroatoms. The summed E-state index contributed by atoms with van der Waals surface area (Å²) < 4.78 is 18.5. The summed E-state index contributed by atoms with van der Waals surface area (Å²) in [5.41, 5.74) is 2.01. The first-order valence-corrected chi connectivity index (χ1v) is 13.4. The predicted octanol–water partition coefficient (Wildman–Crippen LogP) is 3.94. The number of ether oxygens (including phenoxy) is 1. The fraction of sp³-hybridized carbons (Fsp3) is 0.290. The Labute approximate surface area is 246 Å². The Hall–Kier alpha value is -4.95. The van der Waals surface area contributed by atoms with Gasteiger partial charge in [0, 0.05) is 44.0 Å². The van der Waals surface area contributed by atoms with Crippen molar-refractivity contribution in [2.24, 2.45) is 0 Å². The maximum atomic E-state index is 13.3. The number of anilines is 4. The average Bonchev–Trinajstić information content (AvgIpc) is 2.97. The Kier molecular flexibility index (Phi) is 12.3. The largest absolute Gasteiger partial charge is 0.497 e. The number of amides is 2. The predicted molar refractivity (Wildman–Crippen MR) is 162 cm³/mol. The van der Waals surface area contributed by atoms with Crippen LogP contribution >= 0.6 is 0 Å². The number of unbranched alkanes of at least 4 members (excludes halogenated alkanes) is 1. The fourth-order valence-corrected chi connectivity index (χ4v) is 3.51. The first-order valence-electron chi connectivity index (χ1n) is 13.4. The highest BCUT2D eigenvalue weighted by Crippen LogP contribution is 2.23. The van der Waals surface area contributed by atoms with E-state index in [1.165, 1.54) is 23.1 Å². The van der Waals surface area contributed by atoms with Gasteiger partial charge in [0.1, 0.15) is 11.6 Å². The van der Waals surface area contributed by atoms with Crippen molar-refractivity contribution in [2.45, 2.75) is 12.8 Å². The van der Waals surface area contributed by atoms with E-state index >= 15 is 0 Å². The summed E-state index contributed by atoms with van der Waals surface area (Å²) in [6.07, 6.45) is 5.99. The summed E-state index contributed by atoms with van der Waals surface area (Å²) in [7, 11) is 7.01. The second-order valence-corrected chi connectivity index (χ2v) is 9.56. The van der Waals surface area contributed by atoms with Gasteiger partial charge < -0.3 is 30.5 Å². The zero-order valence-corrected chi connectivity index (χ0v) is 24.3. The number of hydrogen-bond donors (Lipinski definition) is 3. The Bertz CT molecular complexity index is 1420. The quantitative estimate of drug-likeness (QED) is 0.160. The molecule has 0 saturated heterocycles. The molecule has 42 heavy (non-hydrogen) atoms. The molecule has 1 heterocycles. The van der Waals surface area contributed by atoms with Gasteiger partial charge in [-0.1, -0.05) is 17.9 Å². The lowest BCUT2D eigenvalue weighted by molar-refractivity contribution is -0.131. The molecule has 10 nitrogen and oxygen atoms in total. The van der Waals surface area contributed by atoms with Crippen LogP contribution in [0.15, 0.2) is 66.9 Å². The number of nitrogens with zero attached hydrogens (tertiary/aromatic N) is 4. The van der Waals surface area contributed by atoms with E-state index in [-0.39, 0.29) is 24.2 Å². The van der Waals surface area contributed by atoms with Gasteiger partial charge in [0.25, 0.3) is 0 Å². The Morgan fingerprint density at radius 1 is 1.02 bits per heavy atom. The van der Waals surface area contributed by atoms with Crippen LogP contribution in [0.4, 0.5) is 27.5 Å². The highest BCUT2D eigenvalue weighted by atomic mass is 19.1. The van der Waals surface area contributed by atoms with E-state index in [4.69, 9.17) is 4.74 Å². The third-order valence-electron chi connectivity index (χ3n) is 5.75. The van der Waals surface area contributed by atoms with Crippen LogP contribution in [0.1, 0.15) is 18.4 Å². The van der Waals surface area contributed by atoms with Crippen LogP contribution in [-0.2, 0) is 9.59 Å². The molecule has 220 valence electrons. The van der Waals surface area contributed by atoms with Crippen molar-refractivity contribution in [1.29, 1.82) is 0 Å². The summed E-state index contributed by atoms with van der Waals surface area (Å²) in [6, 6.07) is 13.3. The van der Waals surface area contributed by atoms with Crippen molar-refractivity contribution in [3.05, 3.63) is 78.3 Å². The maximum absolute atomic E-state index is 13.3. The van der Waals surface area contributed by atoms with Crippen molar-refractivity contribution in [1.82, 2.24) is 25.1 Å². The highest BCUT2D eigenvalue weighted by molar-refractivity contribution is 5.91. The molecule has 3 N–H and O–H groups in total. The summed E-state index contributed by atoms with van der Waals surface area (Å²) in [4.78, 5) is 36.5. The number of benzene rings is 2. The second kappa shape index (κ2) is 16.3. The molecule has 0 radical (unpaired) electrons. The summed E-state index contributed by atoms with van der Waals surface area (Å²) in [5.74, 6) is 6.96. The number of aromatic nitrogens is 2. The van der Waals surface area contributed by atoms with Crippen molar-refractivity contribution in [3.8, 4) is 17.6 Å². The Morgan fingerprint density at radius 3 is 2.40 bits per heavy atom. The monoisotopic (exact) mass is 573 g/mol. The lowest BCUT2D eigenvalue weighted by atomic mass is 10.2. The summed E-state index contributed by atoms with van der Waals surface area (Å²) >= 11 is 0. The molecular weight excluding hydrogens is 537 g/mol. The molecule has 0 spiro atoms. The van der Waals surface area contributed by atoms with Gasteiger partial charge in [0.2, 0.25) is 17.8 Å². The normalized spacial score (nSPS) is 10.6. The average molecular weight is 574 g/mol. The molecule has 0 fully saturated rings. The molecule has 0 bridgehead atoms. The van der Waals surface area contributed by atoms with Crippen molar-refractivity contribution >= 4 is 35.0 Å². The molecule has 3 aromatic rings. The molecule has 0 aliphatic carbocycles. The van der Waals surface area contributed by atoms with Gasteiger partial charge in [0.05, 0.1) is 25.4 Å². The molecule has 0 atom stereocenters. The van der Waals surface area contributed by atoms with E-state index in [0.717, 1.165) is 11.4 Å². The van der Waals surface area contributed by atoms with Crippen LogP contribution in [0.2, 0.25) is 0 Å². The van der Waals surface area contributed by atoms with Gasteiger partial charge in [-0.05, 0) is 69.0 Å². The standard InChI is InChI=1S/C31H36FN7O3/c1-38(2)20-8-10-29(41)39(3)22-28(40)33-19-7-5-6-9-23-21-34-31(36-26-13-11-24(32)12-14-26)37-30(23)35-25-15-17-27(42-4)18-16-25/h8,10-18,21H,5,7,19-20,22H2,1-4H3,(H,33,40)(H2,34,35,36,37). The minimum absolute atomic E-state index is 0.0210. The molecule has 0 aliphatic heterocycles. The molecule has 0 saturated carbocycles. The van der Waals surface area contributed by atoms with Crippen LogP contribution in [0.5, 0.6) is 5.75 Å². The van der Waals surface area contributed by atoms with Crippen LogP contribution in [-0.4, -0.2) is 79.5 Å². The number of rotatable bonds is 13. The smallest absolute Gasteiger partial charge is 0.246 e. The van der Waals surface area contributed by atoms with Crippen LogP contribution in [0, 0.1) is 17.7 Å². The van der Waals surface area contributed by atoms with E-state index in [2.05, 4.69) is 37.8 Å². The van der Waals surface area contributed by atoms with Crippen molar-refractivity contribution in [2.75, 3.05) is 58.5 Å². The molecule has 1 aromatic heterocycles. The van der Waals surface area contributed by atoms with Crippen LogP contribution < -0.4 is 20.7 Å². The number of carbonyl (C=O) groups excluding carboxylic acids is 2. The van der Waals surface area contributed by atoms with E-state index in [1.807, 2.05) is 43.3 Å². The third-order valence-corrected chi connectivity index (χ3v) is 5.75. The SMILES string of the molecule is COc1ccc(Nc2nc(Nc3ccc(F)cc3)ncc2C#CCCCNC(=O)CN(C)C(=O)C=CCN(C)C)cc1. The lowest BCUT2D eigenvalue weighted by Crippen LogP contribution is -2.38. The van der Waals surface area contributed by atoms with Gasteiger partial charge in [0.15, 0.2) is 5.82 Å². The third kappa shape index (κ3) is 10.9. The second-order valence-electron chi connectivity index (χ2n) is 9.56. The first kappa shape index (κ1) is 31.6. The van der Waals surface area contributed by atoms with Gasteiger partial charge in [-0.25, -0.2) is 9.37 Å². The number of carbonyl (C=O) groups is 2. The minimum Gasteiger partial charge on any atom is -0.497 e. The molecular formula is C31H36FN7O3. The van der Waals surface area contributed by atoms with Crippen molar-refractivity contribution in [3.63, 3.8) is 0 Å². The molecule has 3 rings (SSSR count). The van der Waals surface area contributed by atoms with Gasteiger partial charge >= 0.3 is 0 Å². The summed E-state index contributed by atoms with van der Waals surface area (Å²) in [5, 5.41) is 9.15. The molecule has 2 aromatic carbocycles. The van der Waals surface area contributed by atoms with E-state index in [0.29, 0.717) is 48.9 Å². The van der Waals surface area contributed by atoms with Gasteiger partial charge in [-0.3, -0.25) is 9.59 Å². The van der Waals surface area contributed by atoms with E-state index < -0.39 is 0 Å². The van der Waals surface area contributed by atoms with E-state index in [9.17, 15) is 14.0 Å². The van der Waals surface area contributed by atoms with Crippen LogP contribution in [0.25, 0.3) is 0 Å². The number of likely N-dealkylation sites (N-methyl/N-ethyl adjacent to an activating group) is 2. The first-order chi connectivity index (χ1) is 20.2. The summed E-state index contributed by atoms with van der Waals surface area (Å²) in [6.45, 7) is 1.06. The molecule has 0 aliphatic rings. The number of hydrogen-bond acceptors (Lipinski definition) is 8. The fourth-order valence-electron chi connectivity index (χ4n) is 3.51. The Morgan fingerprint density at radius 2 is 1.71 bits per heavy atom. The maximum Gasteiger partial charge on any atom is 0.246 e. The lowest BCUT2D eigenvalue weighted by Gasteiger charge is -2.14. The highest BCUT2D eigenvalue weighted by Gasteiger charge is 2.10. The molecule has 0 unspecified atom stereocenters. The zero-order chi connectivity index (χ0) is 30.3. The topological polar surface area (TPSA) is 112 Å². The van der Waals surface area contributed by atoms with Gasteiger partial charge in [-0.2, -0.15) is 4.98 Å². The van der Waals surface area contributed by atoms with Gasteiger partial charge in [-0.15, -0.1) is 0 Å². The van der Waals surface area contributed by atoms with E-state index in [1.54, 1.807) is 38.6 Å². The number of nitrogens with one attached hydrogen (secondary N) is 3.